The SMILES string of the molecule is Nc1nccc(CN2C(=O)Oc3cc(Oc4ncco4)cc(F)c3C23COC3)c1F. The molecule has 1 fully saturated rings. The molecule has 5 rings (SSSR count). The van der Waals surface area contributed by atoms with Gasteiger partial charge in [0.2, 0.25) is 0 Å². The number of ether oxygens (including phenoxy) is 3. The van der Waals surface area contributed by atoms with Crippen LogP contribution in [0.25, 0.3) is 0 Å². The van der Waals surface area contributed by atoms with Gasteiger partial charge in [-0.15, -0.1) is 0 Å². The van der Waals surface area contributed by atoms with Crippen LogP contribution in [0, 0.1) is 11.6 Å². The number of halogens is 2. The van der Waals surface area contributed by atoms with Gasteiger partial charge in [-0.05, 0) is 6.07 Å². The molecule has 3 aromatic rings. The maximum atomic E-state index is 15.2. The third-order valence-corrected chi connectivity index (χ3v) is 5.05. The van der Waals surface area contributed by atoms with Gasteiger partial charge in [0.25, 0.3) is 0 Å². The number of rotatable bonds is 4. The molecule has 11 heteroatoms. The highest BCUT2D eigenvalue weighted by atomic mass is 19.1. The minimum atomic E-state index is -1.15. The van der Waals surface area contributed by atoms with Crippen molar-refractivity contribution in [2.75, 3.05) is 18.9 Å². The van der Waals surface area contributed by atoms with E-state index in [4.69, 9.17) is 24.4 Å². The van der Waals surface area contributed by atoms with Crippen LogP contribution >= 0.6 is 0 Å². The third-order valence-electron chi connectivity index (χ3n) is 5.05. The van der Waals surface area contributed by atoms with E-state index in [2.05, 4.69) is 9.97 Å². The number of carbonyl (C=O) groups is 1. The zero-order valence-electron chi connectivity index (χ0n) is 15.3. The number of oxazole rings is 1. The van der Waals surface area contributed by atoms with Crippen LogP contribution in [0.4, 0.5) is 19.4 Å². The smallest absolute Gasteiger partial charge is 0.416 e. The Morgan fingerprint density at radius 3 is 2.77 bits per heavy atom. The molecule has 9 nitrogen and oxygen atoms in total. The number of hydrogen-bond donors (Lipinski definition) is 1. The normalized spacial score (nSPS) is 16.7. The van der Waals surface area contributed by atoms with Crippen LogP contribution in [-0.4, -0.2) is 34.2 Å². The van der Waals surface area contributed by atoms with Gasteiger partial charge in [-0.1, -0.05) is 0 Å². The second-order valence-corrected chi connectivity index (χ2v) is 6.83. The van der Waals surface area contributed by atoms with Gasteiger partial charge in [-0.25, -0.2) is 18.6 Å². The Bertz CT molecular complexity index is 1130. The number of carbonyl (C=O) groups excluding carboxylic acids is 1. The fourth-order valence-corrected chi connectivity index (χ4v) is 3.58. The number of hydrogen-bond acceptors (Lipinski definition) is 8. The van der Waals surface area contributed by atoms with Crippen molar-refractivity contribution < 1.29 is 32.2 Å². The molecule has 1 aromatic carbocycles. The monoisotopic (exact) mass is 416 g/mol. The summed E-state index contributed by atoms with van der Waals surface area (Å²) >= 11 is 0. The summed E-state index contributed by atoms with van der Waals surface area (Å²) in [6.45, 7) is -0.156. The number of amides is 1. The van der Waals surface area contributed by atoms with Gasteiger partial charge in [0.1, 0.15) is 29.1 Å². The minimum Gasteiger partial charge on any atom is -0.417 e. The molecule has 0 aliphatic carbocycles. The van der Waals surface area contributed by atoms with Gasteiger partial charge in [0.15, 0.2) is 11.6 Å². The van der Waals surface area contributed by atoms with E-state index in [1.807, 2.05) is 0 Å². The fourth-order valence-electron chi connectivity index (χ4n) is 3.58. The molecule has 30 heavy (non-hydrogen) atoms. The van der Waals surface area contributed by atoms with Crippen LogP contribution in [0.1, 0.15) is 11.1 Å². The van der Waals surface area contributed by atoms with Crippen molar-refractivity contribution in [3.8, 4) is 17.6 Å². The van der Waals surface area contributed by atoms with Crippen LogP contribution < -0.4 is 15.2 Å². The van der Waals surface area contributed by atoms with Crippen molar-refractivity contribution >= 4 is 11.9 Å². The molecule has 0 bridgehead atoms. The number of pyridine rings is 1. The summed E-state index contributed by atoms with van der Waals surface area (Å²) in [6.07, 6.45) is 3.12. The van der Waals surface area contributed by atoms with E-state index < -0.39 is 23.3 Å². The number of anilines is 1. The van der Waals surface area contributed by atoms with E-state index in [1.165, 1.54) is 35.7 Å². The Kier molecular flexibility index (Phi) is 4.07. The number of nitrogens with two attached hydrogens (primary N) is 1. The van der Waals surface area contributed by atoms with Crippen LogP contribution in [0.5, 0.6) is 17.6 Å². The van der Waals surface area contributed by atoms with Crippen LogP contribution in [0.15, 0.2) is 41.3 Å². The molecule has 1 saturated heterocycles. The van der Waals surface area contributed by atoms with E-state index >= 15 is 4.39 Å². The highest BCUT2D eigenvalue weighted by Crippen LogP contribution is 2.48. The summed E-state index contributed by atoms with van der Waals surface area (Å²) in [5.74, 6) is -1.70. The Morgan fingerprint density at radius 1 is 1.23 bits per heavy atom. The predicted octanol–water partition coefficient (Wildman–Crippen LogP) is 2.96. The summed E-state index contributed by atoms with van der Waals surface area (Å²) in [5.41, 5.74) is 4.61. The van der Waals surface area contributed by atoms with Crippen molar-refractivity contribution in [2.24, 2.45) is 0 Å². The Morgan fingerprint density at radius 2 is 2.07 bits per heavy atom. The molecule has 154 valence electrons. The Labute approximate surface area is 168 Å². The zero-order chi connectivity index (χ0) is 20.9. The molecular weight excluding hydrogens is 402 g/mol. The first-order chi connectivity index (χ1) is 14.5. The average Bonchev–Trinajstić information content (AvgIpc) is 3.17. The fraction of sp³-hybridized carbons (Fsp3) is 0.211. The van der Waals surface area contributed by atoms with Gasteiger partial charge in [-0.3, -0.25) is 4.90 Å². The molecule has 2 aliphatic heterocycles. The van der Waals surface area contributed by atoms with Gasteiger partial charge in [-0.2, -0.15) is 4.98 Å². The van der Waals surface area contributed by atoms with Crippen LogP contribution in [0.2, 0.25) is 0 Å². The van der Waals surface area contributed by atoms with Crippen LogP contribution in [-0.2, 0) is 16.8 Å². The summed E-state index contributed by atoms with van der Waals surface area (Å²) in [6, 6.07) is 3.89. The lowest BCUT2D eigenvalue weighted by Gasteiger charge is -2.51. The highest BCUT2D eigenvalue weighted by Gasteiger charge is 2.55. The molecule has 1 spiro atoms. The van der Waals surface area contributed by atoms with E-state index in [-0.39, 0.29) is 54.3 Å². The van der Waals surface area contributed by atoms with Crippen molar-refractivity contribution in [1.82, 2.24) is 14.9 Å². The summed E-state index contributed by atoms with van der Waals surface area (Å²) in [7, 11) is 0. The number of aromatic nitrogens is 2. The number of fused-ring (bicyclic) bond motifs is 2. The molecule has 1 amide bonds. The largest absolute Gasteiger partial charge is 0.417 e. The first-order valence-corrected chi connectivity index (χ1v) is 8.85. The van der Waals surface area contributed by atoms with Crippen molar-refractivity contribution in [3.05, 3.63) is 59.6 Å². The molecule has 4 heterocycles. The molecular formula is C19H14F2N4O5. The number of nitrogens with zero attached hydrogens (tertiary/aromatic N) is 3. The van der Waals surface area contributed by atoms with Crippen molar-refractivity contribution in [3.63, 3.8) is 0 Å². The van der Waals surface area contributed by atoms with Crippen LogP contribution in [0.3, 0.4) is 0 Å². The first kappa shape index (κ1) is 18.3. The second kappa shape index (κ2) is 6.66. The maximum absolute atomic E-state index is 15.2. The molecule has 0 unspecified atom stereocenters. The van der Waals surface area contributed by atoms with Gasteiger partial charge >= 0.3 is 12.2 Å². The maximum Gasteiger partial charge on any atom is 0.416 e. The average molecular weight is 416 g/mol. The summed E-state index contributed by atoms with van der Waals surface area (Å²) in [5, 5.41) is 0. The molecule has 0 saturated carbocycles. The van der Waals surface area contributed by atoms with Gasteiger partial charge in [0.05, 0.1) is 31.5 Å². The minimum absolute atomic E-state index is 0.0178. The lowest BCUT2D eigenvalue weighted by molar-refractivity contribution is -0.145. The number of benzene rings is 1. The Hall–Kier alpha value is -3.73. The molecule has 0 atom stereocenters. The predicted molar refractivity (Wildman–Crippen MR) is 95.6 cm³/mol. The van der Waals surface area contributed by atoms with E-state index in [9.17, 15) is 9.18 Å². The van der Waals surface area contributed by atoms with E-state index in [0.717, 1.165) is 6.07 Å². The summed E-state index contributed by atoms with van der Waals surface area (Å²) < 4.78 is 50.5. The highest BCUT2D eigenvalue weighted by molar-refractivity contribution is 5.76. The standard InChI is InChI=1S/C19H14F2N4O5/c20-12-5-11(29-17-24-3-4-28-17)6-13-14(12)19(8-27-9-19)25(18(26)30-13)7-10-1-2-23-16(22)15(10)21/h1-6H,7-9H2,(H2,22,23). The van der Waals surface area contributed by atoms with Gasteiger partial charge < -0.3 is 24.4 Å². The van der Waals surface area contributed by atoms with Crippen molar-refractivity contribution in [1.29, 1.82) is 0 Å². The lowest BCUT2D eigenvalue weighted by Crippen LogP contribution is -2.64. The molecule has 2 N–H and O–H groups in total. The van der Waals surface area contributed by atoms with Gasteiger partial charge in [0, 0.05) is 23.9 Å². The summed E-state index contributed by atoms with van der Waals surface area (Å²) in [4.78, 5) is 21.5. The first-order valence-electron chi connectivity index (χ1n) is 8.85. The lowest BCUT2D eigenvalue weighted by atomic mass is 9.83. The third kappa shape index (κ3) is 2.74. The zero-order valence-corrected chi connectivity index (χ0v) is 15.3. The molecule has 2 aromatic heterocycles. The quantitative estimate of drug-likeness (QED) is 0.691. The topological polar surface area (TPSA) is 113 Å². The van der Waals surface area contributed by atoms with E-state index in [1.54, 1.807) is 0 Å². The van der Waals surface area contributed by atoms with E-state index in [0.29, 0.717) is 0 Å². The Balaban J connectivity index is 1.54. The van der Waals surface area contributed by atoms with Crippen molar-refractivity contribution in [2.45, 2.75) is 12.1 Å². The second-order valence-electron chi connectivity index (χ2n) is 6.83. The number of nitrogen functional groups attached to an aromatic ring is 1. The molecule has 2 aliphatic rings. The molecule has 0 radical (unpaired) electrons.